The molecule has 1 N–H and O–H groups in total. The third kappa shape index (κ3) is 41.8. The lowest BCUT2D eigenvalue weighted by atomic mass is 10.0. The third-order valence-electron chi connectivity index (χ3n) is 9.44. The van der Waals surface area contributed by atoms with Crippen LogP contribution in [0.25, 0.3) is 0 Å². The molecular formula is C48H82O4. The maximum absolute atomic E-state index is 12.5. The molecule has 0 aliphatic rings. The third-order valence-corrected chi connectivity index (χ3v) is 9.44. The first-order valence-electron chi connectivity index (χ1n) is 21.9. The highest BCUT2D eigenvalue weighted by molar-refractivity contribution is 5.69. The van der Waals surface area contributed by atoms with Crippen molar-refractivity contribution in [3.8, 4) is 0 Å². The summed E-state index contributed by atoms with van der Waals surface area (Å²) in [6.45, 7) is 4.37. The van der Waals surface area contributed by atoms with E-state index in [1.165, 1.54) is 89.9 Å². The summed E-state index contributed by atoms with van der Waals surface area (Å²) < 4.78 is 5.93. The summed E-state index contributed by atoms with van der Waals surface area (Å²) in [5.74, 6) is -0.669. The van der Waals surface area contributed by atoms with Crippen LogP contribution in [0.4, 0.5) is 0 Å². The fourth-order valence-corrected chi connectivity index (χ4v) is 6.23. The van der Waals surface area contributed by atoms with E-state index in [1.54, 1.807) is 0 Å². The zero-order chi connectivity index (χ0) is 37.8. The van der Waals surface area contributed by atoms with Crippen molar-refractivity contribution in [1.82, 2.24) is 0 Å². The number of allylic oxidation sites excluding steroid dienone is 12. The van der Waals surface area contributed by atoms with Crippen LogP contribution in [0.5, 0.6) is 0 Å². The molecule has 0 aliphatic heterocycles. The molecule has 0 aromatic rings. The van der Waals surface area contributed by atoms with Crippen LogP contribution in [0.3, 0.4) is 0 Å². The van der Waals surface area contributed by atoms with Crippen molar-refractivity contribution in [2.45, 2.75) is 219 Å². The predicted octanol–water partition coefficient (Wildman–Crippen LogP) is 15.5. The number of ether oxygens (including phenoxy) is 1. The minimum absolute atomic E-state index is 0.00292. The van der Waals surface area contributed by atoms with Gasteiger partial charge in [0.2, 0.25) is 0 Å². The standard InChI is InChI=1S/C48H82O4/c1-3-5-7-8-9-10-11-12-13-14-15-16-17-18-23-26-29-32-35-38-41-45-48(51)52-46(42-6-4-2)43-39-36-33-30-27-24-21-19-20-22-25-28-31-34-37-40-44-47(49)50/h5,7,9-10,12-13,15-16,18,23,29,32,46H,3-4,6,8,11,14,17,19-22,24-28,30-31,33-45H2,1-2H3,(H,49,50)/b7-5-,10-9-,13-12-,16-15-,23-18-,32-29-. The first-order chi connectivity index (χ1) is 25.6. The molecule has 0 aliphatic carbocycles. The summed E-state index contributed by atoms with van der Waals surface area (Å²) in [6, 6.07) is 0. The molecule has 0 fully saturated rings. The van der Waals surface area contributed by atoms with Crippen molar-refractivity contribution in [3.05, 3.63) is 72.9 Å². The minimum atomic E-state index is -0.666. The van der Waals surface area contributed by atoms with Crippen LogP contribution in [0, 0.1) is 0 Å². The number of carboxylic acid groups (broad SMARTS) is 1. The Kier molecular flexibility index (Phi) is 40.6. The summed E-state index contributed by atoms with van der Waals surface area (Å²) >= 11 is 0. The van der Waals surface area contributed by atoms with Gasteiger partial charge < -0.3 is 9.84 Å². The molecule has 0 saturated heterocycles. The fourth-order valence-electron chi connectivity index (χ4n) is 6.23. The molecule has 4 heteroatoms. The number of carboxylic acids is 1. The van der Waals surface area contributed by atoms with Crippen molar-refractivity contribution < 1.29 is 19.4 Å². The van der Waals surface area contributed by atoms with Gasteiger partial charge in [-0.1, -0.05) is 189 Å². The van der Waals surface area contributed by atoms with E-state index >= 15 is 0 Å². The van der Waals surface area contributed by atoms with Crippen molar-refractivity contribution in [2.24, 2.45) is 0 Å². The first kappa shape index (κ1) is 49.4. The number of hydrogen-bond donors (Lipinski definition) is 1. The Morgan fingerprint density at radius 3 is 1.23 bits per heavy atom. The summed E-state index contributed by atoms with van der Waals surface area (Å²) in [7, 11) is 0. The topological polar surface area (TPSA) is 63.6 Å². The van der Waals surface area contributed by atoms with Crippen molar-refractivity contribution >= 4 is 11.9 Å². The van der Waals surface area contributed by atoms with Crippen LogP contribution >= 0.6 is 0 Å². The fraction of sp³-hybridized carbons (Fsp3) is 0.708. The van der Waals surface area contributed by atoms with Gasteiger partial charge in [-0.2, -0.15) is 0 Å². The molecule has 1 unspecified atom stereocenters. The van der Waals surface area contributed by atoms with Gasteiger partial charge in [0.1, 0.15) is 6.10 Å². The Bertz CT molecular complexity index is 953. The quantitative estimate of drug-likeness (QED) is 0.0390. The lowest BCUT2D eigenvalue weighted by Crippen LogP contribution is -2.18. The van der Waals surface area contributed by atoms with Crippen LogP contribution in [-0.2, 0) is 14.3 Å². The van der Waals surface area contributed by atoms with E-state index in [1.807, 2.05) is 0 Å². The van der Waals surface area contributed by atoms with Crippen LogP contribution in [0.2, 0.25) is 0 Å². The molecule has 0 bridgehead atoms. The SMILES string of the molecule is CC/C=C\C/C=C\C/C=C\C/C=C\C/C=C\C/C=C\CCCCC(=O)OC(CCCC)CCCCCCCCCCCCCCCCCCC(=O)O. The highest BCUT2D eigenvalue weighted by atomic mass is 16.5. The Balaban J connectivity index is 3.73. The first-order valence-corrected chi connectivity index (χ1v) is 21.9. The molecule has 0 radical (unpaired) electrons. The molecule has 4 nitrogen and oxygen atoms in total. The van der Waals surface area contributed by atoms with Crippen molar-refractivity contribution in [1.29, 1.82) is 0 Å². The number of hydrogen-bond acceptors (Lipinski definition) is 3. The monoisotopic (exact) mass is 723 g/mol. The smallest absolute Gasteiger partial charge is 0.306 e. The second-order valence-electron chi connectivity index (χ2n) is 14.5. The minimum Gasteiger partial charge on any atom is -0.481 e. The largest absolute Gasteiger partial charge is 0.481 e. The van der Waals surface area contributed by atoms with E-state index in [4.69, 9.17) is 9.84 Å². The molecule has 0 amide bonds. The molecule has 298 valence electrons. The van der Waals surface area contributed by atoms with Crippen molar-refractivity contribution in [2.75, 3.05) is 0 Å². The van der Waals surface area contributed by atoms with Gasteiger partial charge in [-0.25, -0.2) is 0 Å². The van der Waals surface area contributed by atoms with E-state index in [0.29, 0.717) is 12.8 Å². The van der Waals surface area contributed by atoms with E-state index in [9.17, 15) is 9.59 Å². The van der Waals surface area contributed by atoms with E-state index in [-0.39, 0.29) is 12.1 Å². The number of esters is 1. The predicted molar refractivity (Wildman–Crippen MR) is 227 cm³/mol. The van der Waals surface area contributed by atoms with Crippen molar-refractivity contribution in [3.63, 3.8) is 0 Å². The summed E-state index contributed by atoms with van der Waals surface area (Å²) in [4.78, 5) is 23.1. The molecule has 0 rings (SSSR count). The van der Waals surface area contributed by atoms with E-state index < -0.39 is 5.97 Å². The molecule has 1 atom stereocenters. The van der Waals surface area contributed by atoms with Gasteiger partial charge >= 0.3 is 11.9 Å². The van der Waals surface area contributed by atoms with E-state index in [0.717, 1.165) is 96.3 Å². The average molecular weight is 723 g/mol. The number of carbonyl (C=O) groups excluding carboxylic acids is 1. The average Bonchev–Trinajstić information content (AvgIpc) is 3.13. The molecule has 0 aromatic heterocycles. The van der Waals surface area contributed by atoms with Gasteiger partial charge in [0, 0.05) is 12.8 Å². The number of aliphatic carboxylic acids is 1. The molecule has 0 heterocycles. The van der Waals surface area contributed by atoms with Gasteiger partial charge in [0.15, 0.2) is 0 Å². The molecule has 52 heavy (non-hydrogen) atoms. The van der Waals surface area contributed by atoms with Crippen LogP contribution in [0.15, 0.2) is 72.9 Å². The van der Waals surface area contributed by atoms with Gasteiger partial charge in [0.05, 0.1) is 0 Å². The molecular weight excluding hydrogens is 641 g/mol. The van der Waals surface area contributed by atoms with Crippen LogP contribution < -0.4 is 0 Å². The Morgan fingerprint density at radius 1 is 0.442 bits per heavy atom. The summed E-state index contributed by atoms with van der Waals surface area (Å²) in [5.41, 5.74) is 0. The normalized spacial score (nSPS) is 13.0. The molecule has 0 aromatic carbocycles. The van der Waals surface area contributed by atoms with Gasteiger partial charge in [-0.15, -0.1) is 0 Å². The van der Waals surface area contributed by atoms with Gasteiger partial charge in [-0.3, -0.25) is 9.59 Å². The highest BCUT2D eigenvalue weighted by Gasteiger charge is 2.13. The summed E-state index contributed by atoms with van der Waals surface area (Å²) in [5, 5.41) is 8.67. The second-order valence-corrected chi connectivity index (χ2v) is 14.5. The number of rotatable bonds is 39. The number of unbranched alkanes of at least 4 members (excludes halogenated alkanes) is 18. The molecule has 0 saturated carbocycles. The zero-order valence-corrected chi connectivity index (χ0v) is 34.1. The maximum atomic E-state index is 12.5. The Morgan fingerprint density at radius 2 is 0.808 bits per heavy atom. The lowest BCUT2D eigenvalue weighted by Gasteiger charge is -2.18. The number of carbonyl (C=O) groups is 2. The van der Waals surface area contributed by atoms with Gasteiger partial charge in [0.25, 0.3) is 0 Å². The zero-order valence-electron chi connectivity index (χ0n) is 34.1. The van der Waals surface area contributed by atoms with Crippen LogP contribution in [-0.4, -0.2) is 23.1 Å². The lowest BCUT2D eigenvalue weighted by molar-refractivity contribution is -0.150. The molecule has 0 spiro atoms. The maximum Gasteiger partial charge on any atom is 0.306 e. The summed E-state index contributed by atoms with van der Waals surface area (Å²) in [6.07, 6.45) is 61.3. The van der Waals surface area contributed by atoms with E-state index in [2.05, 4.69) is 86.8 Å². The van der Waals surface area contributed by atoms with Gasteiger partial charge in [-0.05, 0) is 83.5 Å². The van der Waals surface area contributed by atoms with Crippen LogP contribution in [0.1, 0.15) is 213 Å². The highest BCUT2D eigenvalue weighted by Crippen LogP contribution is 2.18. The Labute approximate surface area is 322 Å². The Hall–Kier alpha value is -2.62. The second kappa shape index (κ2) is 42.8.